The highest BCUT2D eigenvalue weighted by atomic mass is 35.5. The van der Waals surface area contributed by atoms with E-state index in [0.29, 0.717) is 21.4 Å². The summed E-state index contributed by atoms with van der Waals surface area (Å²) in [5.74, 6) is 0.136. The fourth-order valence-electron chi connectivity index (χ4n) is 1.27. The van der Waals surface area contributed by atoms with E-state index >= 15 is 0 Å². The lowest BCUT2D eigenvalue weighted by Gasteiger charge is -1.98. The zero-order valence-electron chi connectivity index (χ0n) is 8.20. The van der Waals surface area contributed by atoms with Crippen LogP contribution in [0.25, 0.3) is 0 Å². The Bertz CT molecular complexity index is 485. The van der Waals surface area contributed by atoms with Crippen molar-refractivity contribution in [3.8, 4) is 0 Å². The van der Waals surface area contributed by atoms with Crippen molar-refractivity contribution in [2.45, 2.75) is 0 Å². The Labute approximate surface area is 102 Å². The maximum absolute atomic E-state index is 11.8. The third-order valence-electron chi connectivity index (χ3n) is 1.99. The molecular formula is C11H8ClNO2S. The lowest BCUT2D eigenvalue weighted by molar-refractivity contribution is -0.117. The van der Waals surface area contributed by atoms with Gasteiger partial charge in [-0.25, -0.2) is 0 Å². The Morgan fingerprint density at radius 1 is 1.50 bits per heavy atom. The normalized spacial score (nSPS) is 17.6. The molecule has 5 heteroatoms. The Kier molecular flexibility index (Phi) is 3.31. The number of thioether (sulfide) groups is 1. The fraction of sp³-hybridized carbons (Fsp3) is 0.0909. The first-order valence-corrected chi connectivity index (χ1v) is 5.96. The summed E-state index contributed by atoms with van der Waals surface area (Å²) in [5, 5.41) is 3.71. The molecule has 0 radical (unpaired) electrons. The van der Waals surface area contributed by atoms with Crippen molar-refractivity contribution in [2.24, 2.45) is 0 Å². The summed E-state index contributed by atoms with van der Waals surface area (Å²) in [4.78, 5) is 22.7. The van der Waals surface area contributed by atoms with Gasteiger partial charge >= 0.3 is 0 Å². The van der Waals surface area contributed by atoms with Gasteiger partial charge in [0.05, 0.1) is 10.8 Å². The van der Waals surface area contributed by atoms with Crippen LogP contribution in [0.15, 0.2) is 35.4 Å². The van der Waals surface area contributed by atoms with Crippen LogP contribution in [-0.2, 0) is 4.79 Å². The molecule has 0 aliphatic carbocycles. The quantitative estimate of drug-likeness (QED) is 0.649. The molecule has 16 heavy (non-hydrogen) atoms. The van der Waals surface area contributed by atoms with Crippen LogP contribution in [0.3, 0.4) is 0 Å². The topological polar surface area (TPSA) is 46.2 Å². The monoisotopic (exact) mass is 253 g/mol. The van der Waals surface area contributed by atoms with Gasteiger partial charge in [0.2, 0.25) is 5.91 Å². The number of ketones is 1. The highest BCUT2D eigenvalue weighted by molar-refractivity contribution is 8.04. The first kappa shape index (κ1) is 11.2. The molecule has 1 heterocycles. The zero-order valence-corrected chi connectivity index (χ0v) is 9.77. The van der Waals surface area contributed by atoms with Crippen LogP contribution >= 0.6 is 23.4 Å². The van der Waals surface area contributed by atoms with E-state index in [4.69, 9.17) is 11.6 Å². The summed E-state index contributed by atoms with van der Waals surface area (Å²) >= 11 is 7.11. The van der Waals surface area contributed by atoms with E-state index in [1.165, 1.54) is 17.8 Å². The van der Waals surface area contributed by atoms with E-state index in [1.807, 2.05) is 0 Å². The van der Waals surface area contributed by atoms with Crippen LogP contribution in [-0.4, -0.2) is 17.4 Å². The van der Waals surface area contributed by atoms with Gasteiger partial charge in [0.15, 0.2) is 5.78 Å². The minimum Gasteiger partial charge on any atom is -0.320 e. The summed E-state index contributed by atoms with van der Waals surface area (Å²) in [6.07, 6.45) is 1.42. The largest absolute Gasteiger partial charge is 0.320 e. The smallest absolute Gasteiger partial charge is 0.235 e. The van der Waals surface area contributed by atoms with Crippen molar-refractivity contribution < 1.29 is 9.59 Å². The second-order valence-corrected chi connectivity index (χ2v) is 4.67. The molecule has 3 nitrogen and oxygen atoms in total. The lowest BCUT2D eigenvalue weighted by Crippen LogP contribution is -2.14. The first-order chi connectivity index (χ1) is 7.65. The molecule has 1 aliphatic rings. The van der Waals surface area contributed by atoms with Gasteiger partial charge in [0.25, 0.3) is 0 Å². The average molecular weight is 254 g/mol. The first-order valence-electron chi connectivity index (χ1n) is 4.59. The second-order valence-electron chi connectivity index (χ2n) is 3.22. The Hall–Kier alpha value is -1.26. The number of carbonyl (C=O) groups is 2. The minimum absolute atomic E-state index is 0.0739. The molecular weight excluding hydrogens is 246 g/mol. The van der Waals surface area contributed by atoms with Crippen molar-refractivity contribution in [3.05, 3.63) is 46.0 Å². The Balaban J connectivity index is 2.17. The van der Waals surface area contributed by atoms with Gasteiger partial charge < -0.3 is 5.32 Å². The van der Waals surface area contributed by atoms with Gasteiger partial charge in [0.1, 0.15) is 0 Å². The Morgan fingerprint density at radius 2 is 2.31 bits per heavy atom. The summed E-state index contributed by atoms with van der Waals surface area (Å²) < 4.78 is 0. The van der Waals surface area contributed by atoms with Crippen LogP contribution in [0.5, 0.6) is 0 Å². The summed E-state index contributed by atoms with van der Waals surface area (Å²) in [5.41, 5.74) is 0.516. The number of allylic oxidation sites excluding steroid dienone is 1. The molecule has 0 atom stereocenters. The zero-order chi connectivity index (χ0) is 11.5. The third kappa shape index (κ3) is 2.65. The molecule has 1 saturated heterocycles. The molecule has 0 aromatic heterocycles. The van der Waals surface area contributed by atoms with Crippen LogP contribution in [0.4, 0.5) is 0 Å². The molecule has 0 bridgehead atoms. The molecule has 0 spiro atoms. The number of hydrogen-bond acceptors (Lipinski definition) is 3. The summed E-state index contributed by atoms with van der Waals surface area (Å²) in [6, 6.07) is 6.71. The van der Waals surface area contributed by atoms with Crippen LogP contribution in [0.2, 0.25) is 5.02 Å². The summed E-state index contributed by atoms with van der Waals surface area (Å²) in [7, 11) is 0. The highest BCUT2D eigenvalue weighted by Crippen LogP contribution is 2.20. The van der Waals surface area contributed by atoms with Crippen molar-refractivity contribution in [3.63, 3.8) is 0 Å². The second kappa shape index (κ2) is 4.72. The van der Waals surface area contributed by atoms with Gasteiger partial charge in [-0.3, -0.25) is 9.59 Å². The molecule has 0 saturated carbocycles. The maximum Gasteiger partial charge on any atom is 0.235 e. The van der Waals surface area contributed by atoms with E-state index in [1.54, 1.807) is 24.3 Å². The molecule has 2 rings (SSSR count). The summed E-state index contributed by atoms with van der Waals surface area (Å²) in [6.45, 7) is 0. The van der Waals surface area contributed by atoms with Gasteiger partial charge in [-0.2, -0.15) is 0 Å². The SMILES string of the molecule is O=C1CS/C(=C/C(=O)c2cccc(Cl)c2)N1. The van der Waals surface area contributed by atoms with Crippen molar-refractivity contribution in [1.29, 1.82) is 0 Å². The molecule has 82 valence electrons. The van der Waals surface area contributed by atoms with E-state index in [9.17, 15) is 9.59 Å². The lowest BCUT2D eigenvalue weighted by atomic mass is 10.1. The van der Waals surface area contributed by atoms with E-state index in [0.717, 1.165) is 0 Å². The molecule has 1 aromatic rings. The van der Waals surface area contributed by atoms with Crippen LogP contribution in [0.1, 0.15) is 10.4 Å². The molecule has 0 unspecified atom stereocenters. The number of rotatable bonds is 2. The van der Waals surface area contributed by atoms with Gasteiger partial charge in [-0.1, -0.05) is 35.5 Å². The predicted molar refractivity (Wildman–Crippen MR) is 64.5 cm³/mol. The predicted octanol–water partition coefficient (Wildman–Crippen LogP) is 2.23. The van der Waals surface area contributed by atoms with Crippen molar-refractivity contribution >= 4 is 35.1 Å². The number of halogens is 1. The standard InChI is InChI=1S/C11H8ClNO2S/c12-8-3-1-2-7(4-8)9(14)5-11-13-10(15)6-16-11/h1-5H,6H2,(H,13,15)/b11-5+. The fourth-order valence-corrected chi connectivity index (χ4v) is 2.20. The molecule has 1 amide bonds. The third-order valence-corrected chi connectivity index (χ3v) is 3.17. The van der Waals surface area contributed by atoms with E-state index in [-0.39, 0.29) is 11.7 Å². The number of benzene rings is 1. The van der Waals surface area contributed by atoms with Crippen LogP contribution < -0.4 is 5.32 Å². The number of amides is 1. The van der Waals surface area contributed by atoms with Gasteiger partial charge in [0, 0.05) is 16.7 Å². The molecule has 1 aromatic carbocycles. The highest BCUT2D eigenvalue weighted by Gasteiger charge is 2.16. The van der Waals surface area contributed by atoms with Crippen molar-refractivity contribution in [2.75, 3.05) is 5.75 Å². The number of carbonyl (C=O) groups excluding carboxylic acids is 2. The molecule has 1 fully saturated rings. The van der Waals surface area contributed by atoms with E-state index in [2.05, 4.69) is 5.32 Å². The van der Waals surface area contributed by atoms with Gasteiger partial charge in [-0.15, -0.1) is 0 Å². The van der Waals surface area contributed by atoms with Crippen molar-refractivity contribution in [1.82, 2.24) is 5.32 Å². The minimum atomic E-state index is -0.160. The van der Waals surface area contributed by atoms with E-state index < -0.39 is 0 Å². The Morgan fingerprint density at radius 3 is 2.94 bits per heavy atom. The number of hydrogen-bond donors (Lipinski definition) is 1. The maximum atomic E-state index is 11.8. The average Bonchev–Trinajstić information content (AvgIpc) is 2.64. The number of nitrogens with one attached hydrogen (secondary N) is 1. The van der Waals surface area contributed by atoms with Crippen LogP contribution in [0, 0.1) is 0 Å². The molecule has 1 N–H and O–H groups in total. The van der Waals surface area contributed by atoms with Gasteiger partial charge in [-0.05, 0) is 12.1 Å². The molecule has 1 aliphatic heterocycles.